The second kappa shape index (κ2) is 6.93. The van der Waals surface area contributed by atoms with Crippen molar-refractivity contribution in [1.29, 1.82) is 0 Å². The summed E-state index contributed by atoms with van der Waals surface area (Å²) >= 11 is 0. The second-order valence-corrected chi connectivity index (χ2v) is 3.65. The van der Waals surface area contributed by atoms with Gasteiger partial charge in [0.2, 0.25) is 11.8 Å². The maximum absolute atomic E-state index is 13.4. The van der Waals surface area contributed by atoms with Crippen molar-refractivity contribution in [3.63, 3.8) is 0 Å². The Kier molecular flexibility index (Phi) is 6.29. The van der Waals surface area contributed by atoms with E-state index in [-0.39, 0.29) is 24.0 Å². The van der Waals surface area contributed by atoms with Gasteiger partial charge in [0.05, 0.1) is 11.7 Å². The Bertz CT molecular complexity index is 452. The monoisotopic (exact) mass is 275 g/mol. The van der Waals surface area contributed by atoms with Crippen LogP contribution in [0.3, 0.4) is 0 Å². The third kappa shape index (κ3) is 4.68. The molecule has 4 N–H and O–H groups in total. The van der Waals surface area contributed by atoms with Crippen molar-refractivity contribution in [2.24, 2.45) is 5.73 Å². The number of nitrogens with two attached hydrogens (primary N) is 1. The molecule has 0 bridgehead atoms. The van der Waals surface area contributed by atoms with Crippen LogP contribution in [0.5, 0.6) is 0 Å². The largest absolute Gasteiger partial charge is 0.326 e. The molecule has 1 atom stereocenters. The van der Waals surface area contributed by atoms with Crippen molar-refractivity contribution < 1.29 is 14.0 Å². The van der Waals surface area contributed by atoms with Crippen LogP contribution in [0, 0.1) is 5.82 Å². The summed E-state index contributed by atoms with van der Waals surface area (Å²) in [6, 6.07) is 3.15. The van der Waals surface area contributed by atoms with E-state index in [1.807, 2.05) is 0 Å². The van der Waals surface area contributed by atoms with Crippen molar-refractivity contribution in [3.05, 3.63) is 24.0 Å². The van der Waals surface area contributed by atoms with Crippen molar-refractivity contribution in [2.75, 3.05) is 10.6 Å². The molecule has 0 aliphatic rings. The van der Waals surface area contributed by atoms with Crippen LogP contribution in [-0.4, -0.2) is 17.9 Å². The highest BCUT2D eigenvalue weighted by atomic mass is 35.5. The molecule has 0 aliphatic carbocycles. The fourth-order valence-corrected chi connectivity index (χ4v) is 1.15. The first kappa shape index (κ1) is 16.3. The molecule has 18 heavy (non-hydrogen) atoms. The van der Waals surface area contributed by atoms with E-state index in [1.165, 1.54) is 26.0 Å². The smallest absolute Gasteiger partial charge is 0.241 e. The van der Waals surface area contributed by atoms with Crippen molar-refractivity contribution >= 4 is 35.6 Å². The molecule has 1 aromatic rings. The molecule has 0 aliphatic heterocycles. The van der Waals surface area contributed by atoms with E-state index in [9.17, 15) is 14.0 Å². The minimum atomic E-state index is -0.737. The highest BCUT2D eigenvalue weighted by Gasteiger charge is 2.11. The first-order valence-electron chi connectivity index (χ1n) is 5.03. The molecule has 0 unspecified atom stereocenters. The van der Waals surface area contributed by atoms with Gasteiger partial charge in [0, 0.05) is 12.6 Å². The minimum absolute atomic E-state index is 0. The van der Waals surface area contributed by atoms with Gasteiger partial charge in [0.15, 0.2) is 0 Å². The van der Waals surface area contributed by atoms with Crippen LogP contribution >= 0.6 is 12.4 Å². The standard InChI is InChI=1S/C11H14FN3O2.ClH/c1-6(13)11(17)15-10-5-8(14-7(2)16)3-4-9(10)12;/h3-6H,13H2,1-2H3,(H,14,16)(H,15,17);1H/t6-;/m0./s1. The average Bonchev–Trinajstić information content (AvgIpc) is 2.22. The Labute approximate surface area is 110 Å². The number of halogens is 2. The molecule has 2 amide bonds. The summed E-state index contributed by atoms with van der Waals surface area (Å²) < 4.78 is 13.4. The molecule has 1 rings (SSSR count). The molecule has 0 heterocycles. The molecule has 0 spiro atoms. The predicted molar refractivity (Wildman–Crippen MR) is 70.2 cm³/mol. The van der Waals surface area contributed by atoms with Gasteiger partial charge in [-0.1, -0.05) is 0 Å². The van der Waals surface area contributed by atoms with Crippen LogP contribution in [0.15, 0.2) is 18.2 Å². The van der Waals surface area contributed by atoms with Gasteiger partial charge in [-0.25, -0.2) is 4.39 Å². The van der Waals surface area contributed by atoms with E-state index >= 15 is 0 Å². The summed E-state index contributed by atoms with van der Waals surface area (Å²) in [6.45, 7) is 2.83. The fraction of sp³-hybridized carbons (Fsp3) is 0.273. The SMILES string of the molecule is CC(=O)Nc1ccc(F)c(NC(=O)[C@H](C)N)c1.Cl. The van der Waals surface area contributed by atoms with Gasteiger partial charge in [-0.3, -0.25) is 9.59 Å². The van der Waals surface area contributed by atoms with Crippen LogP contribution in [-0.2, 0) is 9.59 Å². The lowest BCUT2D eigenvalue weighted by Crippen LogP contribution is -2.32. The van der Waals surface area contributed by atoms with Gasteiger partial charge in [-0.2, -0.15) is 0 Å². The average molecular weight is 276 g/mol. The lowest BCUT2D eigenvalue weighted by molar-refractivity contribution is -0.117. The fourth-order valence-electron chi connectivity index (χ4n) is 1.15. The van der Waals surface area contributed by atoms with Crippen molar-refractivity contribution in [1.82, 2.24) is 0 Å². The Morgan fingerprint density at radius 2 is 1.94 bits per heavy atom. The summed E-state index contributed by atoms with van der Waals surface area (Å²) in [5, 5.41) is 4.82. The van der Waals surface area contributed by atoms with Gasteiger partial charge in [0.25, 0.3) is 0 Å². The molecule has 0 fully saturated rings. The summed E-state index contributed by atoms with van der Waals surface area (Å²) in [4.78, 5) is 22.1. The number of amides is 2. The van der Waals surface area contributed by atoms with E-state index in [4.69, 9.17) is 5.73 Å². The lowest BCUT2D eigenvalue weighted by Gasteiger charge is -2.10. The van der Waals surface area contributed by atoms with Gasteiger partial charge >= 0.3 is 0 Å². The Balaban J connectivity index is 0.00000289. The molecule has 100 valence electrons. The minimum Gasteiger partial charge on any atom is -0.326 e. The molecule has 0 saturated carbocycles. The molecule has 1 aromatic carbocycles. The highest BCUT2D eigenvalue weighted by molar-refractivity contribution is 5.95. The molecule has 0 aromatic heterocycles. The normalized spacial score (nSPS) is 11.1. The third-order valence-electron chi connectivity index (χ3n) is 1.96. The van der Waals surface area contributed by atoms with Gasteiger partial charge in [-0.05, 0) is 25.1 Å². The van der Waals surface area contributed by atoms with E-state index in [2.05, 4.69) is 10.6 Å². The van der Waals surface area contributed by atoms with Gasteiger partial charge in [0.1, 0.15) is 5.82 Å². The van der Waals surface area contributed by atoms with Crippen molar-refractivity contribution in [2.45, 2.75) is 19.9 Å². The van der Waals surface area contributed by atoms with Crippen LogP contribution in [0.25, 0.3) is 0 Å². The first-order chi connectivity index (χ1) is 7.90. The number of benzene rings is 1. The Morgan fingerprint density at radius 3 is 2.44 bits per heavy atom. The van der Waals surface area contributed by atoms with Gasteiger partial charge < -0.3 is 16.4 Å². The maximum Gasteiger partial charge on any atom is 0.241 e. The number of anilines is 2. The van der Waals surface area contributed by atoms with E-state index in [0.29, 0.717) is 5.69 Å². The number of nitrogens with one attached hydrogen (secondary N) is 2. The zero-order valence-corrected chi connectivity index (χ0v) is 10.8. The molecule has 7 heteroatoms. The second-order valence-electron chi connectivity index (χ2n) is 3.65. The van der Waals surface area contributed by atoms with E-state index < -0.39 is 17.8 Å². The molecular weight excluding hydrogens is 261 g/mol. The summed E-state index contributed by atoms with van der Waals surface area (Å²) in [7, 11) is 0. The highest BCUT2D eigenvalue weighted by Crippen LogP contribution is 2.19. The molecule has 5 nitrogen and oxygen atoms in total. The summed E-state index contributed by atoms with van der Waals surface area (Å²) in [5.41, 5.74) is 5.73. The number of carbonyl (C=O) groups excluding carboxylic acids is 2. The first-order valence-corrected chi connectivity index (χ1v) is 5.03. The van der Waals surface area contributed by atoms with Crippen LogP contribution < -0.4 is 16.4 Å². The number of rotatable bonds is 3. The van der Waals surface area contributed by atoms with E-state index in [1.54, 1.807) is 0 Å². The van der Waals surface area contributed by atoms with Crippen LogP contribution in [0.2, 0.25) is 0 Å². The van der Waals surface area contributed by atoms with Crippen LogP contribution in [0.4, 0.5) is 15.8 Å². The Morgan fingerprint density at radius 1 is 1.33 bits per heavy atom. The Hall–Kier alpha value is -1.66. The van der Waals surface area contributed by atoms with Crippen LogP contribution in [0.1, 0.15) is 13.8 Å². The summed E-state index contributed by atoms with van der Waals surface area (Å²) in [6.07, 6.45) is 0. The maximum atomic E-state index is 13.4. The zero-order chi connectivity index (χ0) is 13.0. The molecule has 0 saturated heterocycles. The predicted octanol–water partition coefficient (Wildman–Crippen LogP) is 1.49. The topological polar surface area (TPSA) is 84.2 Å². The number of hydrogen-bond donors (Lipinski definition) is 3. The molecule has 0 radical (unpaired) electrons. The van der Waals surface area contributed by atoms with Gasteiger partial charge in [-0.15, -0.1) is 12.4 Å². The molecular formula is C11H15ClFN3O2. The van der Waals surface area contributed by atoms with E-state index in [0.717, 1.165) is 6.07 Å². The quantitative estimate of drug-likeness (QED) is 0.781. The lowest BCUT2D eigenvalue weighted by atomic mass is 10.2. The number of hydrogen-bond acceptors (Lipinski definition) is 3. The van der Waals surface area contributed by atoms with Crippen molar-refractivity contribution in [3.8, 4) is 0 Å². The third-order valence-corrected chi connectivity index (χ3v) is 1.96. The zero-order valence-electron chi connectivity index (χ0n) is 9.99. The summed E-state index contributed by atoms with van der Waals surface area (Å²) in [5.74, 6) is -1.36. The number of carbonyl (C=O) groups is 2.